The fourth-order valence-corrected chi connectivity index (χ4v) is 4.40. The molecule has 1 fully saturated rings. The van der Waals surface area contributed by atoms with Gasteiger partial charge in [0.1, 0.15) is 24.2 Å². The highest BCUT2D eigenvalue weighted by molar-refractivity contribution is 6.07. The summed E-state index contributed by atoms with van der Waals surface area (Å²) in [6.07, 6.45) is 5.61. The minimum absolute atomic E-state index is 0.0159. The Kier molecular flexibility index (Phi) is 6.71. The summed E-state index contributed by atoms with van der Waals surface area (Å²) in [6.45, 7) is 5.67. The molecule has 1 N–H and O–H groups in total. The van der Waals surface area contributed by atoms with E-state index in [4.69, 9.17) is 0 Å². The monoisotopic (exact) mass is 506 g/mol. The second-order valence-electron chi connectivity index (χ2n) is 9.27. The maximum absolute atomic E-state index is 13.2. The van der Waals surface area contributed by atoms with E-state index in [1.807, 2.05) is 44.2 Å². The van der Waals surface area contributed by atoms with Crippen molar-refractivity contribution in [1.82, 2.24) is 24.4 Å². The molecule has 0 radical (unpaired) electrons. The molecule has 9 nitrogen and oxygen atoms in total. The number of benzene rings is 1. The molecule has 9 heteroatoms. The molecule has 0 bridgehead atoms. The van der Waals surface area contributed by atoms with E-state index < -0.39 is 6.04 Å². The van der Waals surface area contributed by atoms with E-state index in [2.05, 4.69) is 32.1 Å². The SMILES string of the molecule is CC(=O)c1cn(CC(=O)N2CCC2C(=O)Nc2cccc(C)n2)c2ccc(C#Cc3cnc(C)nc3)cc12. The molecule has 4 heterocycles. The average Bonchev–Trinajstić information content (AvgIpc) is 3.20. The number of carbonyl (C=O) groups excluding carboxylic acids is 3. The van der Waals surface area contributed by atoms with Crippen LogP contribution in [0, 0.1) is 25.7 Å². The van der Waals surface area contributed by atoms with Gasteiger partial charge in [0.2, 0.25) is 11.8 Å². The number of nitrogens with one attached hydrogen (secondary N) is 1. The van der Waals surface area contributed by atoms with E-state index >= 15 is 0 Å². The van der Waals surface area contributed by atoms with Gasteiger partial charge in [-0.25, -0.2) is 15.0 Å². The van der Waals surface area contributed by atoms with Gasteiger partial charge in [-0.1, -0.05) is 17.9 Å². The highest BCUT2D eigenvalue weighted by atomic mass is 16.2. The standard InChI is InChI=1S/C29H26N6O3/c1-18-5-4-6-27(32-18)33-29(38)26-11-12-35(26)28(37)17-34-16-24(19(2)36)23-13-21(9-10-25(23)34)7-8-22-14-30-20(3)31-15-22/h4-6,9-10,13-16,26H,11-12,17H2,1-3H3,(H,32,33,38). The molecule has 1 saturated heterocycles. The van der Waals surface area contributed by atoms with Crippen LogP contribution in [-0.4, -0.2) is 54.6 Å². The van der Waals surface area contributed by atoms with Crippen LogP contribution in [0.4, 0.5) is 5.82 Å². The maximum atomic E-state index is 13.2. The number of rotatable bonds is 5. The number of pyridine rings is 1. The largest absolute Gasteiger partial charge is 0.337 e. The molecule has 3 aromatic heterocycles. The van der Waals surface area contributed by atoms with E-state index in [1.54, 1.807) is 34.1 Å². The van der Waals surface area contributed by atoms with Crippen molar-refractivity contribution in [2.45, 2.75) is 39.8 Å². The van der Waals surface area contributed by atoms with Crippen LogP contribution in [0.15, 0.2) is 55.0 Å². The van der Waals surface area contributed by atoms with Gasteiger partial charge >= 0.3 is 0 Å². The highest BCUT2D eigenvalue weighted by Gasteiger charge is 2.37. The van der Waals surface area contributed by atoms with E-state index in [0.717, 1.165) is 22.2 Å². The minimum atomic E-state index is -0.549. The Morgan fingerprint density at radius 1 is 1.05 bits per heavy atom. The summed E-state index contributed by atoms with van der Waals surface area (Å²) in [6, 6.07) is 10.4. The molecular weight excluding hydrogens is 480 g/mol. The Morgan fingerprint density at radius 3 is 2.50 bits per heavy atom. The lowest BCUT2D eigenvalue weighted by atomic mass is 10.0. The van der Waals surface area contributed by atoms with E-state index in [0.29, 0.717) is 35.7 Å². The molecule has 0 aliphatic carbocycles. The third-order valence-corrected chi connectivity index (χ3v) is 6.48. The van der Waals surface area contributed by atoms with Crippen molar-refractivity contribution >= 4 is 34.3 Å². The van der Waals surface area contributed by atoms with Crippen molar-refractivity contribution < 1.29 is 14.4 Å². The molecule has 4 aromatic rings. The predicted octanol–water partition coefficient (Wildman–Crippen LogP) is 3.29. The fourth-order valence-electron chi connectivity index (χ4n) is 4.40. The first-order valence-corrected chi connectivity index (χ1v) is 12.3. The number of fused-ring (bicyclic) bond motifs is 1. The first-order valence-electron chi connectivity index (χ1n) is 12.3. The van der Waals surface area contributed by atoms with Crippen molar-refractivity contribution in [2.24, 2.45) is 0 Å². The number of amides is 2. The first-order chi connectivity index (χ1) is 18.3. The van der Waals surface area contributed by atoms with Crippen molar-refractivity contribution in [1.29, 1.82) is 0 Å². The van der Waals surface area contributed by atoms with E-state index in [9.17, 15) is 14.4 Å². The Hall–Kier alpha value is -4.84. The lowest BCUT2D eigenvalue weighted by Crippen LogP contribution is -2.57. The van der Waals surface area contributed by atoms with Crippen molar-refractivity contribution in [3.63, 3.8) is 0 Å². The minimum Gasteiger partial charge on any atom is -0.337 e. The topological polar surface area (TPSA) is 110 Å². The number of likely N-dealkylation sites (tertiary alicyclic amines) is 1. The number of hydrogen-bond acceptors (Lipinski definition) is 6. The summed E-state index contributed by atoms with van der Waals surface area (Å²) in [5.41, 5.74) is 3.48. The van der Waals surface area contributed by atoms with Crippen LogP contribution in [0.5, 0.6) is 0 Å². The summed E-state index contributed by atoms with van der Waals surface area (Å²) >= 11 is 0. The van der Waals surface area contributed by atoms with E-state index in [1.165, 1.54) is 6.92 Å². The van der Waals surface area contributed by atoms with Crippen molar-refractivity contribution in [3.05, 3.63) is 83.2 Å². The molecule has 1 aliphatic rings. The van der Waals surface area contributed by atoms with Gasteiger partial charge < -0.3 is 14.8 Å². The fraction of sp³-hybridized carbons (Fsp3) is 0.241. The summed E-state index contributed by atoms with van der Waals surface area (Å²) < 4.78 is 1.76. The Labute approximate surface area is 219 Å². The molecule has 38 heavy (non-hydrogen) atoms. The van der Waals surface area contributed by atoms with Gasteiger partial charge in [0, 0.05) is 52.9 Å². The van der Waals surface area contributed by atoms with Crippen LogP contribution in [0.3, 0.4) is 0 Å². The van der Waals surface area contributed by atoms with Crippen LogP contribution in [0.1, 0.15) is 46.3 Å². The van der Waals surface area contributed by atoms with Crippen LogP contribution < -0.4 is 5.32 Å². The number of nitrogens with zero attached hydrogens (tertiary/aromatic N) is 5. The van der Waals surface area contributed by atoms with Gasteiger partial charge in [-0.15, -0.1) is 0 Å². The molecule has 0 saturated carbocycles. The van der Waals surface area contributed by atoms with Gasteiger partial charge in [-0.3, -0.25) is 14.4 Å². The van der Waals surface area contributed by atoms with E-state index in [-0.39, 0.29) is 24.1 Å². The van der Waals surface area contributed by atoms with Gasteiger partial charge in [0.15, 0.2) is 5.78 Å². The highest BCUT2D eigenvalue weighted by Crippen LogP contribution is 2.25. The van der Waals surface area contributed by atoms with Crippen LogP contribution in [-0.2, 0) is 16.1 Å². The molecule has 5 rings (SSSR count). The number of anilines is 1. The first kappa shape index (κ1) is 24.8. The normalized spacial score (nSPS) is 14.4. The smallest absolute Gasteiger partial charge is 0.248 e. The van der Waals surface area contributed by atoms with Crippen LogP contribution in [0.25, 0.3) is 10.9 Å². The van der Waals surface area contributed by atoms with Crippen molar-refractivity contribution in [2.75, 3.05) is 11.9 Å². The molecule has 1 atom stereocenters. The summed E-state index contributed by atoms with van der Waals surface area (Å²) in [4.78, 5) is 52.5. The second kappa shape index (κ2) is 10.3. The average molecular weight is 507 g/mol. The maximum Gasteiger partial charge on any atom is 0.248 e. The third kappa shape index (κ3) is 5.15. The predicted molar refractivity (Wildman–Crippen MR) is 142 cm³/mol. The van der Waals surface area contributed by atoms with Gasteiger partial charge in [0.25, 0.3) is 0 Å². The second-order valence-corrected chi connectivity index (χ2v) is 9.27. The van der Waals surface area contributed by atoms with Gasteiger partial charge in [-0.2, -0.15) is 0 Å². The summed E-state index contributed by atoms with van der Waals surface area (Å²) in [5.74, 6) is 6.71. The van der Waals surface area contributed by atoms with Gasteiger partial charge in [-0.05, 0) is 57.5 Å². The number of aryl methyl sites for hydroxylation is 2. The number of carbonyl (C=O) groups is 3. The number of ketones is 1. The third-order valence-electron chi connectivity index (χ3n) is 6.48. The number of Topliss-reactive ketones (excluding diaryl/α,β-unsaturated/α-hetero) is 1. The zero-order valence-corrected chi connectivity index (χ0v) is 21.4. The quantitative estimate of drug-likeness (QED) is 0.329. The number of hydrogen-bond donors (Lipinski definition) is 1. The molecule has 190 valence electrons. The Balaban J connectivity index is 1.34. The van der Waals surface area contributed by atoms with Crippen LogP contribution >= 0.6 is 0 Å². The zero-order valence-electron chi connectivity index (χ0n) is 21.4. The molecule has 1 aromatic carbocycles. The molecule has 1 aliphatic heterocycles. The molecule has 1 unspecified atom stereocenters. The molecule has 2 amide bonds. The van der Waals surface area contributed by atoms with Gasteiger partial charge in [0.05, 0.1) is 5.56 Å². The Bertz CT molecular complexity index is 1630. The summed E-state index contributed by atoms with van der Waals surface area (Å²) in [5, 5.41) is 3.52. The van der Waals surface area contributed by atoms with Crippen LogP contribution in [0.2, 0.25) is 0 Å². The lowest BCUT2D eigenvalue weighted by molar-refractivity contribution is -0.145. The summed E-state index contributed by atoms with van der Waals surface area (Å²) in [7, 11) is 0. The zero-order chi connectivity index (χ0) is 26.8. The number of aromatic nitrogens is 4. The molecule has 0 spiro atoms. The molecular formula is C29H26N6O3. The Morgan fingerprint density at radius 2 is 1.82 bits per heavy atom. The lowest BCUT2D eigenvalue weighted by Gasteiger charge is -2.39. The van der Waals surface area contributed by atoms with Crippen molar-refractivity contribution in [3.8, 4) is 11.8 Å².